The number of nitrogens with two attached hydrogens (primary N) is 1. The van der Waals surface area contributed by atoms with Crippen molar-refractivity contribution in [3.63, 3.8) is 0 Å². The predicted octanol–water partition coefficient (Wildman–Crippen LogP) is 3.21. The van der Waals surface area contributed by atoms with Crippen molar-refractivity contribution in [1.82, 2.24) is 4.90 Å². The highest BCUT2D eigenvalue weighted by Crippen LogP contribution is 2.29. The van der Waals surface area contributed by atoms with Gasteiger partial charge in [-0.25, -0.2) is 4.39 Å². The number of nitrogens with zero attached hydrogens (tertiary/aromatic N) is 1. The number of piperidine rings is 1. The molecule has 1 aliphatic rings. The molecule has 1 saturated heterocycles. The second-order valence-corrected chi connectivity index (χ2v) is 6.59. The third-order valence-corrected chi connectivity index (χ3v) is 4.42. The van der Waals surface area contributed by atoms with Crippen molar-refractivity contribution in [2.75, 3.05) is 13.1 Å². The van der Waals surface area contributed by atoms with Crippen LogP contribution in [0.25, 0.3) is 0 Å². The smallest absolute Gasteiger partial charge is 0.255 e. The van der Waals surface area contributed by atoms with E-state index < -0.39 is 0 Å². The SMILES string of the molecule is CC1(C)CN(C(=O)c2ccc(F)cc2Br)CCC1N.Cl. The summed E-state index contributed by atoms with van der Waals surface area (Å²) in [5, 5.41) is 0. The molecular weight excluding hydrogens is 347 g/mol. The highest BCUT2D eigenvalue weighted by molar-refractivity contribution is 9.10. The molecule has 0 radical (unpaired) electrons. The number of benzene rings is 1. The summed E-state index contributed by atoms with van der Waals surface area (Å²) >= 11 is 3.24. The Labute approximate surface area is 133 Å². The lowest BCUT2D eigenvalue weighted by Crippen LogP contribution is -2.54. The van der Waals surface area contributed by atoms with Crippen molar-refractivity contribution in [3.8, 4) is 0 Å². The number of halogens is 3. The van der Waals surface area contributed by atoms with E-state index in [2.05, 4.69) is 29.8 Å². The van der Waals surface area contributed by atoms with E-state index in [0.29, 0.717) is 23.1 Å². The van der Waals surface area contributed by atoms with Gasteiger partial charge in [-0.15, -0.1) is 12.4 Å². The molecule has 1 aromatic rings. The van der Waals surface area contributed by atoms with Gasteiger partial charge in [-0.1, -0.05) is 13.8 Å². The topological polar surface area (TPSA) is 46.3 Å². The van der Waals surface area contributed by atoms with Crippen molar-refractivity contribution in [2.45, 2.75) is 26.3 Å². The third-order valence-electron chi connectivity index (χ3n) is 3.76. The van der Waals surface area contributed by atoms with Crippen molar-refractivity contribution < 1.29 is 9.18 Å². The van der Waals surface area contributed by atoms with Crippen LogP contribution in [0.5, 0.6) is 0 Å². The minimum Gasteiger partial charge on any atom is -0.338 e. The van der Waals surface area contributed by atoms with Crippen LogP contribution in [0.1, 0.15) is 30.6 Å². The Morgan fingerprint density at radius 3 is 2.70 bits per heavy atom. The van der Waals surface area contributed by atoms with Gasteiger partial charge in [-0.05, 0) is 46.0 Å². The van der Waals surface area contributed by atoms with Crippen LogP contribution < -0.4 is 5.73 Å². The molecule has 6 heteroatoms. The Balaban J connectivity index is 0.00000200. The molecule has 1 heterocycles. The molecule has 1 unspecified atom stereocenters. The lowest BCUT2D eigenvalue weighted by atomic mass is 9.79. The molecule has 0 aliphatic carbocycles. The highest BCUT2D eigenvalue weighted by Gasteiger charge is 2.35. The van der Waals surface area contributed by atoms with Crippen LogP contribution >= 0.6 is 28.3 Å². The number of amides is 1. The average Bonchev–Trinajstić information content (AvgIpc) is 2.32. The minimum atomic E-state index is -0.357. The Kier molecular flexibility index (Phi) is 5.58. The quantitative estimate of drug-likeness (QED) is 0.830. The maximum Gasteiger partial charge on any atom is 0.255 e. The van der Waals surface area contributed by atoms with Crippen molar-refractivity contribution in [1.29, 1.82) is 0 Å². The van der Waals surface area contributed by atoms with E-state index in [1.807, 2.05) is 0 Å². The first-order chi connectivity index (χ1) is 8.81. The number of carbonyl (C=O) groups is 1. The molecule has 1 atom stereocenters. The summed E-state index contributed by atoms with van der Waals surface area (Å²) < 4.78 is 13.5. The minimum absolute atomic E-state index is 0. The molecule has 1 amide bonds. The molecule has 0 saturated carbocycles. The van der Waals surface area contributed by atoms with Gasteiger partial charge in [0.15, 0.2) is 0 Å². The monoisotopic (exact) mass is 364 g/mol. The molecule has 1 fully saturated rings. The molecular formula is C14H19BrClFN2O. The highest BCUT2D eigenvalue weighted by atomic mass is 79.9. The second-order valence-electron chi connectivity index (χ2n) is 5.73. The number of rotatable bonds is 1. The first-order valence-corrected chi connectivity index (χ1v) is 7.10. The van der Waals surface area contributed by atoms with Gasteiger partial charge in [0, 0.05) is 23.6 Å². The number of likely N-dealkylation sites (tertiary alicyclic amines) is 1. The standard InChI is InChI=1S/C14H18BrFN2O.ClH/c1-14(2)8-18(6-5-12(14)17)13(19)10-4-3-9(16)7-11(10)15;/h3-4,7,12H,5-6,8,17H2,1-2H3;1H. The zero-order valence-electron chi connectivity index (χ0n) is 11.5. The Morgan fingerprint density at radius 2 is 2.15 bits per heavy atom. The predicted molar refractivity (Wildman–Crippen MR) is 83.6 cm³/mol. The normalized spacial score (nSPS) is 21.2. The maximum atomic E-state index is 13.1. The van der Waals surface area contributed by atoms with E-state index in [9.17, 15) is 9.18 Å². The first kappa shape index (κ1) is 17.4. The summed E-state index contributed by atoms with van der Waals surface area (Å²) in [6.45, 7) is 5.40. The zero-order chi connectivity index (χ0) is 14.2. The van der Waals surface area contributed by atoms with Crippen LogP contribution in [-0.2, 0) is 0 Å². The molecule has 1 aliphatic heterocycles. The fourth-order valence-electron chi connectivity index (χ4n) is 2.38. The molecule has 20 heavy (non-hydrogen) atoms. The Hall–Kier alpha value is -0.650. The second kappa shape index (κ2) is 6.41. The van der Waals surface area contributed by atoms with Gasteiger partial charge in [0.2, 0.25) is 0 Å². The van der Waals surface area contributed by atoms with Crippen molar-refractivity contribution in [2.24, 2.45) is 11.1 Å². The summed E-state index contributed by atoms with van der Waals surface area (Å²) in [4.78, 5) is 14.3. The molecule has 112 valence electrons. The summed E-state index contributed by atoms with van der Waals surface area (Å²) in [7, 11) is 0. The lowest BCUT2D eigenvalue weighted by molar-refractivity contribution is 0.0532. The molecule has 1 aromatic carbocycles. The van der Waals surface area contributed by atoms with E-state index in [1.165, 1.54) is 18.2 Å². The van der Waals surface area contributed by atoms with Gasteiger partial charge in [-0.3, -0.25) is 4.79 Å². The molecule has 0 spiro atoms. The fraction of sp³-hybridized carbons (Fsp3) is 0.500. The Morgan fingerprint density at radius 1 is 1.50 bits per heavy atom. The fourth-order valence-corrected chi connectivity index (χ4v) is 2.90. The lowest BCUT2D eigenvalue weighted by Gasteiger charge is -2.42. The summed E-state index contributed by atoms with van der Waals surface area (Å²) in [6.07, 6.45) is 0.789. The van der Waals surface area contributed by atoms with Gasteiger partial charge in [-0.2, -0.15) is 0 Å². The van der Waals surface area contributed by atoms with Crippen LogP contribution in [0.15, 0.2) is 22.7 Å². The van der Waals surface area contributed by atoms with Crippen molar-refractivity contribution >= 4 is 34.2 Å². The summed E-state index contributed by atoms with van der Waals surface area (Å²) in [6, 6.07) is 4.24. The van der Waals surface area contributed by atoms with E-state index in [0.717, 1.165) is 6.42 Å². The van der Waals surface area contributed by atoms with Crippen LogP contribution in [0.2, 0.25) is 0 Å². The maximum absolute atomic E-state index is 13.1. The molecule has 2 N–H and O–H groups in total. The Bertz CT molecular complexity index is 510. The molecule has 2 rings (SSSR count). The number of hydrogen-bond acceptors (Lipinski definition) is 2. The number of hydrogen-bond donors (Lipinski definition) is 1. The first-order valence-electron chi connectivity index (χ1n) is 6.31. The van der Waals surface area contributed by atoms with E-state index >= 15 is 0 Å². The largest absolute Gasteiger partial charge is 0.338 e. The van der Waals surface area contributed by atoms with E-state index in [-0.39, 0.29) is 35.6 Å². The van der Waals surface area contributed by atoms with Crippen LogP contribution in [0, 0.1) is 11.2 Å². The summed E-state index contributed by atoms with van der Waals surface area (Å²) in [5.41, 5.74) is 6.46. The molecule has 0 aromatic heterocycles. The van der Waals surface area contributed by atoms with Gasteiger partial charge in [0.05, 0.1) is 5.56 Å². The van der Waals surface area contributed by atoms with Gasteiger partial charge in [0.25, 0.3) is 5.91 Å². The third kappa shape index (κ3) is 3.51. The summed E-state index contributed by atoms with van der Waals surface area (Å²) in [5.74, 6) is -0.434. The molecule has 3 nitrogen and oxygen atoms in total. The number of carbonyl (C=O) groups excluding carboxylic acids is 1. The average molecular weight is 366 g/mol. The van der Waals surface area contributed by atoms with Crippen LogP contribution in [-0.4, -0.2) is 29.9 Å². The van der Waals surface area contributed by atoms with Crippen LogP contribution in [0.4, 0.5) is 4.39 Å². The van der Waals surface area contributed by atoms with Crippen molar-refractivity contribution in [3.05, 3.63) is 34.1 Å². The molecule has 0 bridgehead atoms. The van der Waals surface area contributed by atoms with Crippen LogP contribution in [0.3, 0.4) is 0 Å². The van der Waals surface area contributed by atoms with E-state index in [4.69, 9.17) is 5.73 Å². The van der Waals surface area contributed by atoms with E-state index in [1.54, 1.807) is 4.90 Å². The van der Waals surface area contributed by atoms with Gasteiger partial charge >= 0.3 is 0 Å². The van der Waals surface area contributed by atoms with Gasteiger partial charge < -0.3 is 10.6 Å². The van der Waals surface area contributed by atoms with Gasteiger partial charge in [0.1, 0.15) is 5.82 Å². The zero-order valence-corrected chi connectivity index (χ0v) is 13.9.